The van der Waals surface area contributed by atoms with Crippen LogP contribution in [0.3, 0.4) is 0 Å². The standard InChI is InChI=1S/C10H10N2O2S/c1-2-14-6-4-3-5-7-8(6)12-10(15-7)9(11)13/h3-5H,2H2,1H3,(H2,11,13). The van der Waals surface area contributed by atoms with Gasteiger partial charge in [-0.3, -0.25) is 4.79 Å². The summed E-state index contributed by atoms with van der Waals surface area (Å²) in [5.41, 5.74) is 5.88. The second-order valence-corrected chi connectivity index (χ2v) is 3.95. The molecule has 5 heteroatoms. The molecule has 78 valence electrons. The van der Waals surface area contributed by atoms with Crippen LogP contribution in [0.1, 0.15) is 16.7 Å². The SMILES string of the molecule is CCOc1cccc2sc(C(N)=O)nc12. The fourth-order valence-electron chi connectivity index (χ4n) is 1.30. The van der Waals surface area contributed by atoms with Crippen LogP contribution in [-0.4, -0.2) is 17.5 Å². The van der Waals surface area contributed by atoms with E-state index in [4.69, 9.17) is 10.5 Å². The molecule has 0 spiro atoms. The molecule has 0 aliphatic heterocycles. The van der Waals surface area contributed by atoms with E-state index in [2.05, 4.69) is 4.98 Å². The van der Waals surface area contributed by atoms with Gasteiger partial charge in [0.05, 0.1) is 11.3 Å². The van der Waals surface area contributed by atoms with Gasteiger partial charge in [-0.05, 0) is 19.1 Å². The van der Waals surface area contributed by atoms with E-state index in [1.165, 1.54) is 11.3 Å². The van der Waals surface area contributed by atoms with Crippen molar-refractivity contribution >= 4 is 27.5 Å². The number of hydrogen-bond donors (Lipinski definition) is 1. The third-order valence-electron chi connectivity index (χ3n) is 1.89. The normalized spacial score (nSPS) is 10.5. The van der Waals surface area contributed by atoms with Crippen LogP contribution in [0.2, 0.25) is 0 Å². The number of para-hydroxylation sites is 1. The highest BCUT2D eigenvalue weighted by Crippen LogP contribution is 2.29. The quantitative estimate of drug-likeness (QED) is 0.861. The fourth-order valence-corrected chi connectivity index (χ4v) is 2.14. The monoisotopic (exact) mass is 222 g/mol. The molecule has 0 saturated carbocycles. The Morgan fingerprint density at radius 2 is 2.40 bits per heavy atom. The van der Waals surface area contributed by atoms with Crippen molar-refractivity contribution in [3.63, 3.8) is 0 Å². The van der Waals surface area contributed by atoms with E-state index in [0.717, 1.165) is 4.70 Å². The van der Waals surface area contributed by atoms with E-state index in [-0.39, 0.29) is 0 Å². The number of aromatic nitrogens is 1. The smallest absolute Gasteiger partial charge is 0.277 e. The van der Waals surface area contributed by atoms with Gasteiger partial charge in [0.2, 0.25) is 0 Å². The van der Waals surface area contributed by atoms with Gasteiger partial charge >= 0.3 is 0 Å². The maximum atomic E-state index is 11.0. The topological polar surface area (TPSA) is 65.2 Å². The number of thiazole rings is 1. The Labute approximate surface area is 90.7 Å². The molecule has 0 saturated heterocycles. The van der Waals surface area contributed by atoms with E-state index in [1.54, 1.807) is 0 Å². The van der Waals surface area contributed by atoms with Crippen LogP contribution in [0, 0.1) is 0 Å². The van der Waals surface area contributed by atoms with E-state index in [0.29, 0.717) is 22.9 Å². The molecule has 0 unspecified atom stereocenters. The van der Waals surface area contributed by atoms with Crippen molar-refractivity contribution in [3.05, 3.63) is 23.2 Å². The summed E-state index contributed by atoms with van der Waals surface area (Å²) in [5.74, 6) is 0.192. The predicted octanol–water partition coefficient (Wildman–Crippen LogP) is 1.79. The lowest BCUT2D eigenvalue weighted by molar-refractivity contribution is 0.1000. The summed E-state index contributed by atoms with van der Waals surface area (Å²) in [6.07, 6.45) is 0. The summed E-state index contributed by atoms with van der Waals surface area (Å²) in [4.78, 5) is 15.1. The Bertz CT molecular complexity index is 507. The Morgan fingerprint density at radius 3 is 3.07 bits per heavy atom. The van der Waals surface area contributed by atoms with Gasteiger partial charge in [0.15, 0.2) is 5.01 Å². The number of carbonyl (C=O) groups is 1. The zero-order valence-corrected chi connectivity index (χ0v) is 9.00. The summed E-state index contributed by atoms with van der Waals surface area (Å²) in [6.45, 7) is 2.47. The largest absolute Gasteiger partial charge is 0.492 e. The van der Waals surface area contributed by atoms with Gasteiger partial charge in [0.1, 0.15) is 11.3 Å². The molecule has 1 amide bonds. The first-order valence-electron chi connectivity index (χ1n) is 4.54. The number of primary amides is 1. The molecule has 15 heavy (non-hydrogen) atoms. The number of benzene rings is 1. The summed E-state index contributed by atoms with van der Waals surface area (Å²) < 4.78 is 6.32. The summed E-state index contributed by atoms with van der Waals surface area (Å²) >= 11 is 1.28. The van der Waals surface area contributed by atoms with Crippen molar-refractivity contribution < 1.29 is 9.53 Å². The van der Waals surface area contributed by atoms with Crippen LogP contribution < -0.4 is 10.5 Å². The maximum Gasteiger partial charge on any atom is 0.277 e. The van der Waals surface area contributed by atoms with Crippen LogP contribution in [-0.2, 0) is 0 Å². The first kappa shape index (κ1) is 9.92. The van der Waals surface area contributed by atoms with Crippen molar-refractivity contribution in [3.8, 4) is 5.75 Å². The molecule has 0 aliphatic rings. The zero-order valence-electron chi connectivity index (χ0n) is 8.19. The molecule has 0 atom stereocenters. The summed E-state index contributed by atoms with van der Waals surface area (Å²) in [5, 5.41) is 0.317. The highest BCUT2D eigenvalue weighted by atomic mass is 32.1. The van der Waals surface area contributed by atoms with Crippen molar-refractivity contribution in [1.29, 1.82) is 0 Å². The summed E-state index contributed by atoms with van der Waals surface area (Å²) in [6, 6.07) is 5.59. The Morgan fingerprint density at radius 1 is 1.60 bits per heavy atom. The third kappa shape index (κ3) is 1.78. The number of carbonyl (C=O) groups excluding carboxylic acids is 1. The number of ether oxygens (including phenoxy) is 1. The maximum absolute atomic E-state index is 11.0. The molecule has 0 aliphatic carbocycles. The molecule has 4 nitrogen and oxygen atoms in total. The van der Waals surface area contributed by atoms with Gasteiger partial charge in [-0.15, -0.1) is 11.3 Å². The minimum Gasteiger partial charge on any atom is -0.492 e. The lowest BCUT2D eigenvalue weighted by atomic mass is 10.3. The average molecular weight is 222 g/mol. The minimum absolute atomic E-state index is 0.317. The molecule has 0 fully saturated rings. The van der Waals surface area contributed by atoms with Crippen LogP contribution in [0.15, 0.2) is 18.2 Å². The molecule has 0 radical (unpaired) electrons. The number of rotatable bonds is 3. The van der Waals surface area contributed by atoms with Gasteiger partial charge < -0.3 is 10.5 Å². The highest BCUT2D eigenvalue weighted by Gasteiger charge is 2.11. The second-order valence-electron chi connectivity index (χ2n) is 2.92. The Hall–Kier alpha value is -1.62. The van der Waals surface area contributed by atoms with Gasteiger partial charge in [-0.1, -0.05) is 6.07 Å². The van der Waals surface area contributed by atoms with Crippen LogP contribution in [0.4, 0.5) is 0 Å². The molecular formula is C10H10N2O2S. The predicted molar refractivity (Wildman–Crippen MR) is 59.3 cm³/mol. The molecule has 1 aromatic heterocycles. The molecule has 2 aromatic rings. The molecule has 2 N–H and O–H groups in total. The fraction of sp³-hybridized carbons (Fsp3) is 0.200. The lowest BCUT2D eigenvalue weighted by Gasteiger charge is -2.01. The Balaban J connectivity index is 2.59. The van der Waals surface area contributed by atoms with E-state index < -0.39 is 5.91 Å². The highest BCUT2D eigenvalue weighted by molar-refractivity contribution is 7.20. The molecule has 1 aromatic carbocycles. The van der Waals surface area contributed by atoms with Crippen LogP contribution in [0.25, 0.3) is 10.2 Å². The Kier molecular flexibility index (Phi) is 2.55. The van der Waals surface area contributed by atoms with Gasteiger partial charge in [0, 0.05) is 0 Å². The van der Waals surface area contributed by atoms with E-state index in [1.807, 2.05) is 25.1 Å². The van der Waals surface area contributed by atoms with Crippen LogP contribution in [0.5, 0.6) is 5.75 Å². The third-order valence-corrected chi connectivity index (χ3v) is 2.93. The molecule has 1 heterocycles. The van der Waals surface area contributed by atoms with E-state index >= 15 is 0 Å². The zero-order chi connectivity index (χ0) is 10.8. The number of nitrogens with two attached hydrogens (primary N) is 1. The van der Waals surface area contributed by atoms with Crippen molar-refractivity contribution in [1.82, 2.24) is 4.98 Å². The average Bonchev–Trinajstić information content (AvgIpc) is 2.63. The van der Waals surface area contributed by atoms with Crippen molar-refractivity contribution in [2.45, 2.75) is 6.92 Å². The number of amides is 1. The van der Waals surface area contributed by atoms with Crippen molar-refractivity contribution in [2.75, 3.05) is 6.61 Å². The van der Waals surface area contributed by atoms with Crippen LogP contribution >= 0.6 is 11.3 Å². The van der Waals surface area contributed by atoms with Gasteiger partial charge in [0.25, 0.3) is 5.91 Å². The molecule has 2 rings (SSSR count). The number of hydrogen-bond acceptors (Lipinski definition) is 4. The lowest BCUT2D eigenvalue weighted by Crippen LogP contribution is -2.09. The second kappa shape index (κ2) is 3.86. The van der Waals surface area contributed by atoms with Crippen molar-refractivity contribution in [2.24, 2.45) is 5.73 Å². The number of fused-ring (bicyclic) bond motifs is 1. The first-order chi connectivity index (χ1) is 7.22. The minimum atomic E-state index is -0.501. The first-order valence-corrected chi connectivity index (χ1v) is 5.36. The summed E-state index contributed by atoms with van der Waals surface area (Å²) in [7, 11) is 0. The van der Waals surface area contributed by atoms with E-state index in [9.17, 15) is 4.79 Å². The van der Waals surface area contributed by atoms with Gasteiger partial charge in [-0.2, -0.15) is 0 Å². The molecular weight excluding hydrogens is 212 g/mol. The number of nitrogens with zero attached hydrogens (tertiary/aromatic N) is 1. The van der Waals surface area contributed by atoms with Gasteiger partial charge in [-0.25, -0.2) is 4.98 Å². The molecule has 0 bridgehead atoms.